The second kappa shape index (κ2) is 5.68. The Balaban J connectivity index is 1.60. The van der Waals surface area contributed by atoms with Crippen molar-refractivity contribution in [2.45, 2.75) is 19.8 Å². The Morgan fingerprint density at radius 2 is 2.24 bits per heavy atom. The van der Waals surface area contributed by atoms with E-state index in [1.54, 1.807) is 17.1 Å². The number of hydrogen-bond donors (Lipinski definition) is 0. The third kappa shape index (κ3) is 3.12. The highest BCUT2D eigenvalue weighted by molar-refractivity contribution is 5.93. The molecule has 21 heavy (non-hydrogen) atoms. The summed E-state index contributed by atoms with van der Waals surface area (Å²) in [6, 6.07) is 4.18. The molecule has 110 valence electrons. The minimum Gasteiger partial charge on any atom is -0.338 e. The van der Waals surface area contributed by atoms with Gasteiger partial charge in [0.1, 0.15) is 0 Å². The molecule has 5 heteroatoms. The van der Waals surface area contributed by atoms with Crippen LogP contribution in [0.5, 0.6) is 0 Å². The fraction of sp³-hybridized carbons (Fsp3) is 0.438. The molecule has 1 saturated heterocycles. The van der Waals surface area contributed by atoms with E-state index in [-0.39, 0.29) is 5.91 Å². The molecule has 0 radical (unpaired) electrons. The average Bonchev–Trinajstić information content (AvgIpc) is 3.10. The third-order valence-corrected chi connectivity index (χ3v) is 4.00. The summed E-state index contributed by atoms with van der Waals surface area (Å²) in [5.41, 5.74) is 2.96. The highest BCUT2D eigenvalue weighted by Crippen LogP contribution is 2.21. The largest absolute Gasteiger partial charge is 0.338 e. The van der Waals surface area contributed by atoms with Gasteiger partial charge >= 0.3 is 0 Å². The van der Waals surface area contributed by atoms with Crippen molar-refractivity contribution in [3.63, 3.8) is 0 Å². The van der Waals surface area contributed by atoms with Gasteiger partial charge in [-0.25, -0.2) is 0 Å². The fourth-order valence-electron chi connectivity index (χ4n) is 2.81. The third-order valence-electron chi connectivity index (χ3n) is 4.00. The average molecular weight is 284 g/mol. The summed E-state index contributed by atoms with van der Waals surface area (Å²) < 4.78 is 1.66. The predicted octanol–water partition coefficient (Wildman–Crippen LogP) is 1.83. The second-order valence-electron chi connectivity index (χ2n) is 5.84. The Morgan fingerprint density at radius 1 is 1.38 bits per heavy atom. The Bertz CT molecular complexity index is 632. The van der Waals surface area contributed by atoms with E-state index in [4.69, 9.17) is 0 Å². The van der Waals surface area contributed by atoms with Crippen LogP contribution in [-0.4, -0.2) is 38.7 Å². The van der Waals surface area contributed by atoms with E-state index in [9.17, 15) is 4.79 Å². The van der Waals surface area contributed by atoms with Crippen molar-refractivity contribution in [3.8, 4) is 0 Å². The summed E-state index contributed by atoms with van der Waals surface area (Å²) in [7, 11) is 1.83. The summed E-state index contributed by atoms with van der Waals surface area (Å²) in [6.07, 6.45) is 7.30. The molecule has 1 aliphatic heterocycles. The second-order valence-corrected chi connectivity index (χ2v) is 5.84. The molecule has 2 aromatic heterocycles. The molecule has 1 fully saturated rings. The van der Waals surface area contributed by atoms with Gasteiger partial charge < -0.3 is 4.90 Å². The highest BCUT2D eigenvalue weighted by Gasteiger charge is 2.27. The Morgan fingerprint density at radius 3 is 2.90 bits per heavy atom. The quantitative estimate of drug-likeness (QED) is 0.864. The highest BCUT2D eigenvalue weighted by atomic mass is 16.2. The van der Waals surface area contributed by atoms with Gasteiger partial charge in [-0.3, -0.25) is 14.5 Å². The number of carbonyl (C=O) groups is 1. The zero-order valence-corrected chi connectivity index (χ0v) is 12.5. The summed E-state index contributed by atoms with van der Waals surface area (Å²) in [5.74, 6) is 0.586. The van der Waals surface area contributed by atoms with Crippen molar-refractivity contribution in [2.75, 3.05) is 13.1 Å². The van der Waals surface area contributed by atoms with E-state index in [1.165, 1.54) is 5.56 Å². The Hall–Kier alpha value is -2.17. The lowest BCUT2D eigenvalue weighted by molar-refractivity contribution is 0.0787. The first-order valence-corrected chi connectivity index (χ1v) is 7.31. The SMILES string of the molecule is Cc1ccc(C[C@@H]2CCN(C(=O)c3cnn(C)c3)C2)nc1. The van der Waals surface area contributed by atoms with Crippen molar-refractivity contribution in [1.29, 1.82) is 0 Å². The molecule has 1 amide bonds. The van der Waals surface area contributed by atoms with Crippen LogP contribution in [0.4, 0.5) is 0 Å². The minimum absolute atomic E-state index is 0.0856. The molecular formula is C16H20N4O. The molecule has 0 saturated carbocycles. The van der Waals surface area contributed by atoms with Crippen molar-refractivity contribution >= 4 is 5.91 Å². The summed E-state index contributed by atoms with van der Waals surface area (Å²) in [5, 5.41) is 4.06. The van der Waals surface area contributed by atoms with E-state index in [2.05, 4.69) is 22.2 Å². The van der Waals surface area contributed by atoms with Crippen molar-refractivity contribution < 1.29 is 4.79 Å². The number of likely N-dealkylation sites (tertiary alicyclic amines) is 1. The molecule has 0 N–H and O–H groups in total. The number of hydrogen-bond acceptors (Lipinski definition) is 3. The van der Waals surface area contributed by atoms with Crippen LogP contribution in [0.15, 0.2) is 30.7 Å². The zero-order chi connectivity index (χ0) is 14.8. The first kappa shape index (κ1) is 13.8. The molecule has 0 bridgehead atoms. The monoisotopic (exact) mass is 284 g/mol. The van der Waals surface area contributed by atoms with Gasteiger partial charge in [0.25, 0.3) is 5.91 Å². The topological polar surface area (TPSA) is 51.0 Å². The molecule has 0 aliphatic carbocycles. The summed E-state index contributed by atoms with van der Waals surface area (Å²) >= 11 is 0. The van der Waals surface area contributed by atoms with Crippen LogP contribution in [0.2, 0.25) is 0 Å². The van der Waals surface area contributed by atoms with Crippen LogP contribution in [-0.2, 0) is 13.5 Å². The van der Waals surface area contributed by atoms with Gasteiger partial charge in [-0.1, -0.05) is 6.07 Å². The number of nitrogens with zero attached hydrogens (tertiary/aromatic N) is 4. The minimum atomic E-state index is 0.0856. The smallest absolute Gasteiger partial charge is 0.257 e. The lowest BCUT2D eigenvalue weighted by Crippen LogP contribution is -2.28. The van der Waals surface area contributed by atoms with Crippen molar-refractivity contribution in [3.05, 3.63) is 47.5 Å². The molecule has 1 aliphatic rings. The van der Waals surface area contributed by atoms with Gasteiger partial charge in [-0.2, -0.15) is 5.10 Å². The molecule has 0 aromatic carbocycles. The zero-order valence-electron chi connectivity index (χ0n) is 12.5. The molecule has 0 unspecified atom stereocenters. The van der Waals surface area contributed by atoms with E-state index in [1.807, 2.05) is 25.1 Å². The standard InChI is InChI=1S/C16H20N4O/c1-12-3-4-15(17-8-12)7-13-5-6-20(10-13)16(21)14-9-18-19(2)11-14/h3-4,8-9,11,13H,5-7,10H2,1-2H3/t13-/m0/s1. The van der Waals surface area contributed by atoms with E-state index in [0.717, 1.165) is 31.6 Å². The molecular weight excluding hydrogens is 264 g/mol. The van der Waals surface area contributed by atoms with Crippen LogP contribution < -0.4 is 0 Å². The molecule has 2 aromatic rings. The van der Waals surface area contributed by atoms with E-state index < -0.39 is 0 Å². The van der Waals surface area contributed by atoms with Crippen LogP contribution >= 0.6 is 0 Å². The first-order chi connectivity index (χ1) is 10.1. The van der Waals surface area contributed by atoms with Gasteiger partial charge in [-0.15, -0.1) is 0 Å². The van der Waals surface area contributed by atoms with Gasteiger partial charge in [0.15, 0.2) is 0 Å². The van der Waals surface area contributed by atoms with E-state index in [0.29, 0.717) is 11.5 Å². The maximum atomic E-state index is 12.4. The number of amides is 1. The van der Waals surface area contributed by atoms with Crippen LogP contribution in [0.3, 0.4) is 0 Å². The normalized spacial score (nSPS) is 18.2. The van der Waals surface area contributed by atoms with Crippen molar-refractivity contribution in [1.82, 2.24) is 19.7 Å². The molecule has 5 nitrogen and oxygen atoms in total. The number of aromatic nitrogens is 3. The maximum absolute atomic E-state index is 12.4. The fourth-order valence-corrected chi connectivity index (χ4v) is 2.81. The van der Waals surface area contributed by atoms with Crippen LogP contribution in [0.25, 0.3) is 0 Å². The molecule has 3 rings (SSSR count). The van der Waals surface area contributed by atoms with Crippen LogP contribution in [0.1, 0.15) is 28.0 Å². The summed E-state index contributed by atoms with van der Waals surface area (Å²) in [4.78, 5) is 18.7. The molecule has 0 spiro atoms. The summed E-state index contributed by atoms with van der Waals surface area (Å²) in [6.45, 7) is 3.67. The van der Waals surface area contributed by atoms with Gasteiger partial charge in [0, 0.05) is 38.2 Å². The van der Waals surface area contributed by atoms with Crippen LogP contribution in [0, 0.1) is 12.8 Å². The predicted molar refractivity (Wildman–Crippen MR) is 79.9 cm³/mol. The number of rotatable bonds is 3. The van der Waals surface area contributed by atoms with Gasteiger partial charge in [0.05, 0.1) is 11.8 Å². The Labute approximate surface area is 124 Å². The lowest BCUT2D eigenvalue weighted by atomic mass is 10.0. The first-order valence-electron chi connectivity index (χ1n) is 7.31. The molecule has 3 heterocycles. The van der Waals surface area contributed by atoms with Gasteiger partial charge in [0.2, 0.25) is 0 Å². The van der Waals surface area contributed by atoms with Crippen molar-refractivity contribution in [2.24, 2.45) is 13.0 Å². The molecule has 1 atom stereocenters. The van der Waals surface area contributed by atoms with E-state index >= 15 is 0 Å². The Kier molecular flexibility index (Phi) is 3.73. The number of pyridine rings is 1. The maximum Gasteiger partial charge on any atom is 0.257 e. The van der Waals surface area contributed by atoms with Gasteiger partial charge in [-0.05, 0) is 37.3 Å². The number of aryl methyl sites for hydroxylation is 2. The lowest BCUT2D eigenvalue weighted by Gasteiger charge is -2.15. The number of carbonyl (C=O) groups excluding carboxylic acids is 1.